The molecule has 4 aromatic rings. The molecule has 0 unspecified atom stereocenters. The molecule has 3 aromatic heterocycles. The zero-order chi connectivity index (χ0) is 23.1. The average Bonchev–Trinajstić information content (AvgIpc) is 3.53. The van der Waals surface area contributed by atoms with E-state index in [-0.39, 0.29) is 0 Å². The van der Waals surface area contributed by atoms with E-state index in [4.69, 9.17) is 14.7 Å². The van der Waals surface area contributed by atoms with Crippen molar-refractivity contribution in [3.05, 3.63) is 65.5 Å². The lowest BCUT2D eigenvalue weighted by molar-refractivity contribution is 0.312. The maximum atomic E-state index is 5.72. The summed E-state index contributed by atoms with van der Waals surface area (Å²) in [5.74, 6) is 3.05. The van der Waals surface area contributed by atoms with Gasteiger partial charge in [0.1, 0.15) is 23.7 Å². The average molecular weight is 456 g/mol. The first kappa shape index (κ1) is 21.0. The van der Waals surface area contributed by atoms with Gasteiger partial charge in [0.15, 0.2) is 5.65 Å². The molecule has 1 saturated heterocycles. The van der Waals surface area contributed by atoms with E-state index in [1.54, 1.807) is 6.33 Å². The summed E-state index contributed by atoms with van der Waals surface area (Å²) in [6.45, 7) is 7.04. The molecule has 2 aliphatic heterocycles. The minimum atomic E-state index is 0.774. The van der Waals surface area contributed by atoms with Gasteiger partial charge in [0.2, 0.25) is 0 Å². The van der Waals surface area contributed by atoms with Crippen molar-refractivity contribution in [2.45, 2.75) is 26.2 Å². The van der Waals surface area contributed by atoms with E-state index in [1.165, 1.54) is 16.7 Å². The minimum Gasteiger partial charge on any atom is -0.493 e. The Balaban J connectivity index is 1.26. The molecule has 0 spiro atoms. The van der Waals surface area contributed by atoms with E-state index in [0.29, 0.717) is 0 Å². The molecule has 34 heavy (non-hydrogen) atoms. The van der Waals surface area contributed by atoms with Crippen molar-refractivity contribution >= 4 is 11.5 Å². The van der Waals surface area contributed by atoms with Crippen LogP contribution in [0.2, 0.25) is 0 Å². The normalized spacial score (nSPS) is 16.1. The summed E-state index contributed by atoms with van der Waals surface area (Å²) in [5.41, 5.74) is 6.63. The Morgan fingerprint density at radius 1 is 1.03 bits per heavy atom. The van der Waals surface area contributed by atoms with E-state index in [9.17, 15) is 0 Å². The van der Waals surface area contributed by atoms with Gasteiger partial charge in [-0.1, -0.05) is 12.1 Å². The lowest BCUT2D eigenvalue weighted by Gasteiger charge is -2.34. The van der Waals surface area contributed by atoms with Gasteiger partial charge in [0, 0.05) is 68.1 Å². The topological polar surface area (TPSA) is 71.7 Å². The number of hydrogen-bond acceptors (Lipinski definition) is 7. The first-order valence-corrected chi connectivity index (χ1v) is 12.0. The Morgan fingerprint density at radius 3 is 2.76 bits per heavy atom. The van der Waals surface area contributed by atoms with E-state index < -0.39 is 0 Å². The number of anilines is 1. The predicted octanol–water partition coefficient (Wildman–Crippen LogP) is 2.97. The molecule has 5 heterocycles. The lowest BCUT2D eigenvalue weighted by atomic mass is 10.0. The second-order valence-corrected chi connectivity index (χ2v) is 9.26. The van der Waals surface area contributed by atoms with Crippen LogP contribution in [-0.4, -0.2) is 69.3 Å². The number of aryl methyl sites for hydroxylation is 3. The predicted molar refractivity (Wildman–Crippen MR) is 132 cm³/mol. The van der Waals surface area contributed by atoms with E-state index in [2.05, 4.69) is 58.2 Å². The number of likely N-dealkylation sites (N-methyl/N-ethyl adjacent to an activating group) is 1. The second kappa shape index (κ2) is 8.68. The standard InChI is InChI=1S/C26H29N7O/c1-18-14-20(15-28-25(18)32-11-9-31(2)10-12-32)22-16-27-24(33-17-29-30-26(22)33)7-6-19-4-3-5-23-21(19)8-13-34-23/h3-5,14-17H,6-13H2,1-2H3. The van der Waals surface area contributed by atoms with Gasteiger partial charge >= 0.3 is 0 Å². The number of fused-ring (bicyclic) bond motifs is 2. The van der Waals surface area contributed by atoms with Gasteiger partial charge in [-0.2, -0.15) is 0 Å². The van der Waals surface area contributed by atoms with Gasteiger partial charge in [-0.3, -0.25) is 4.40 Å². The van der Waals surface area contributed by atoms with Crippen molar-refractivity contribution in [1.29, 1.82) is 0 Å². The molecule has 2 aliphatic rings. The number of hydrogen-bond donors (Lipinski definition) is 0. The van der Waals surface area contributed by atoms with Gasteiger partial charge in [-0.15, -0.1) is 10.2 Å². The maximum Gasteiger partial charge on any atom is 0.171 e. The zero-order valence-electron chi connectivity index (χ0n) is 19.7. The van der Waals surface area contributed by atoms with Crippen LogP contribution in [0.3, 0.4) is 0 Å². The third kappa shape index (κ3) is 3.77. The van der Waals surface area contributed by atoms with Gasteiger partial charge in [-0.25, -0.2) is 9.97 Å². The summed E-state index contributed by atoms with van der Waals surface area (Å²) < 4.78 is 7.74. The summed E-state index contributed by atoms with van der Waals surface area (Å²) in [5, 5.41) is 8.63. The second-order valence-electron chi connectivity index (χ2n) is 9.26. The third-order valence-electron chi connectivity index (χ3n) is 7.03. The number of aromatic nitrogens is 5. The van der Waals surface area contributed by atoms with E-state index >= 15 is 0 Å². The number of piperazine rings is 1. The van der Waals surface area contributed by atoms with Crippen molar-refractivity contribution < 1.29 is 4.74 Å². The summed E-state index contributed by atoms with van der Waals surface area (Å²) in [6, 6.07) is 8.52. The molecule has 0 saturated carbocycles. The molecule has 0 radical (unpaired) electrons. The molecule has 174 valence electrons. The number of nitrogens with zero attached hydrogens (tertiary/aromatic N) is 7. The molecule has 6 rings (SSSR count). The van der Waals surface area contributed by atoms with Gasteiger partial charge in [-0.05, 0) is 43.7 Å². The summed E-state index contributed by atoms with van der Waals surface area (Å²) in [7, 11) is 2.17. The van der Waals surface area contributed by atoms with Crippen LogP contribution in [0, 0.1) is 6.92 Å². The van der Waals surface area contributed by atoms with Gasteiger partial charge in [0.25, 0.3) is 0 Å². The van der Waals surface area contributed by atoms with Crippen LogP contribution in [0.5, 0.6) is 5.75 Å². The fourth-order valence-corrected chi connectivity index (χ4v) is 5.09. The highest BCUT2D eigenvalue weighted by atomic mass is 16.5. The number of pyridine rings is 1. The van der Waals surface area contributed by atoms with Crippen molar-refractivity contribution in [3.63, 3.8) is 0 Å². The number of ether oxygens (including phenoxy) is 1. The zero-order valence-corrected chi connectivity index (χ0v) is 19.7. The summed E-state index contributed by atoms with van der Waals surface area (Å²) in [4.78, 5) is 14.4. The molecule has 1 aromatic carbocycles. The van der Waals surface area contributed by atoms with Crippen LogP contribution in [-0.2, 0) is 19.3 Å². The smallest absolute Gasteiger partial charge is 0.171 e. The molecule has 8 nitrogen and oxygen atoms in total. The van der Waals surface area contributed by atoms with Crippen molar-refractivity contribution in [2.75, 3.05) is 44.7 Å². The summed E-state index contributed by atoms with van der Waals surface area (Å²) in [6.07, 6.45) is 8.33. The van der Waals surface area contributed by atoms with Crippen LogP contribution in [0.4, 0.5) is 5.82 Å². The number of benzene rings is 1. The van der Waals surface area contributed by atoms with Crippen molar-refractivity contribution in [3.8, 4) is 16.9 Å². The Morgan fingerprint density at radius 2 is 1.91 bits per heavy atom. The highest BCUT2D eigenvalue weighted by Crippen LogP contribution is 2.30. The molecule has 0 bridgehead atoms. The molecule has 0 atom stereocenters. The van der Waals surface area contributed by atoms with Crippen LogP contribution < -0.4 is 9.64 Å². The third-order valence-corrected chi connectivity index (χ3v) is 7.03. The Bertz CT molecular complexity index is 1340. The van der Waals surface area contributed by atoms with Crippen LogP contribution in [0.25, 0.3) is 16.8 Å². The van der Waals surface area contributed by atoms with Gasteiger partial charge in [0.05, 0.1) is 6.61 Å². The molecule has 0 N–H and O–H groups in total. The maximum absolute atomic E-state index is 5.72. The van der Waals surface area contributed by atoms with Crippen molar-refractivity contribution in [2.24, 2.45) is 0 Å². The highest BCUT2D eigenvalue weighted by molar-refractivity contribution is 5.77. The van der Waals surface area contributed by atoms with Crippen LogP contribution in [0.15, 0.2) is 43.0 Å². The molecule has 0 amide bonds. The quantitative estimate of drug-likeness (QED) is 0.458. The van der Waals surface area contributed by atoms with E-state index in [0.717, 1.165) is 86.2 Å². The first-order chi connectivity index (χ1) is 16.7. The molecule has 0 aliphatic carbocycles. The van der Waals surface area contributed by atoms with Gasteiger partial charge < -0.3 is 14.5 Å². The van der Waals surface area contributed by atoms with E-state index in [1.807, 2.05) is 16.8 Å². The Kier molecular flexibility index (Phi) is 5.37. The van der Waals surface area contributed by atoms with Crippen molar-refractivity contribution in [1.82, 2.24) is 29.5 Å². The summed E-state index contributed by atoms with van der Waals surface area (Å²) >= 11 is 0. The van der Waals surface area contributed by atoms with Crippen LogP contribution in [0.1, 0.15) is 22.5 Å². The SMILES string of the molecule is Cc1cc(-c2cnc(CCc3cccc4c3CCO4)n3cnnc23)cnc1N1CCN(C)CC1. The lowest BCUT2D eigenvalue weighted by Crippen LogP contribution is -2.45. The highest BCUT2D eigenvalue weighted by Gasteiger charge is 2.19. The largest absolute Gasteiger partial charge is 0.493 e. The molecular formula is C26H29N7O. The first-order valence-electron chi connectivity index (χ1n) is 12.0. The monoisotopic (exact) mass is 455 g/mol. The molecule has 1 fully saturated rings. The number of rotatable bonds is 5. The fourth-order valence-electron chi connectivity index (χ4n) is 5.09. The fraction of sp³-hybridized carbons (Fsp3) is 0.385. The minimum absolute atomic E-state index is 0.774. The Labute approximate surface area is 199 Å². The Hall–Kier alpha value is -3.52. The molecular weight excluding hydrogens is 426 g/mol. The molecule has 8 heteroatoms. The van der Waals surface area contributed by atoms with Crippen LogP contribution >= 0.6 is 0 Å².